The molecule has 0 atom stereocenters. The maximum Gasteiger partial charge on any atom is 0.266 e. The van der Waals surface area contributed by atoms with Gasteiger partial charge in [0.2, 0.25) is 5.91 Å². The molecule has 0 aliphatic rings. The Labute approximate surface area is 176 Å². The molecular formula is C20H17ClN4O3S. The van der Waals surface area contributed by atoms with Gasteiger partial charge in [-0.1, -0.05) is 29.4 Å². The minimum atomic E-state index is -0.334. The molecule has 0 saturated heterocycles. The van der Waals surface area contributed by atoms with E-state index >= 15 is 0 Å². The smallest absolute Gasteiger partial charge is 0.266 e. The summed E-state index contributed by atoms with van der Waals surface area (Å²) >= 11 is 7.16. The first kappa shape index (κ1) is 20.7. The van der Waals surface area contributed by atoms with Gasteiger partial charge in [-0.05, 0) is 42.8 Å². The Hall–Kier alpha value is -3.02. The number of hydrogen-bond donors (Lipinski definition) is 1. The number of ether oxygens (including phenoxy) is 1. The standard InChI is InChI=1S/C20H17ClN4O3S/c1-12-3-6-17(28-2)16(9-12)25-19(27)14-5-4-13(21)10-15(14)24-20(25)29-11-18(26)23-8-7-22/h3-6,9-10H,8,11H2,1-2H3,(H,23,26). The molecule has 3 aromatic rings. The Bertz CT molecular complexity index is 1190. The van der Waals surface area contributed by atoms with Crippen LogP contribution in [0.3, 0.4) is 0 Å². The summed E-state index contributed by atoms with van der Waals surface area (Å²) in [4.78, 5) is 29.9. The molecule has 1 heterocycles. The Morgan fingerprint density at radius 3 is 2.86 bits per heavy atom. The quantitative estimate of drug-likeness (QED) is 0.368. The third-order valence-corrected chi connectivity index (χ3v) is 5.25. The number of nitrogens with one attached hydrogen (secondary N) is 1. The molecule has 0 spiro atoms. The molecule has 0 aliphatic carbocycles. The minimum Gasteiger partial charge on any atom is -0.495 e. The first-order valence-electron chi connectivity index (χ1n) is 8.58. The van der Waals surface area contributed by atoms with E-state index in [0.29, 0.717) is 32.5 Å². The molecule has 0 fully saturated rings. The third kappa shape index (κ3) is 4.53. The number of thioether (sulfide) groups is 1. The fourth-order valence-corrected chi connectivity index (χ4v) is 3.74. The van der Waals surface area contributed by atoms with Crippen molar-refractivity contribution in [1.82, 2.24) is 14.9 Å². The van der Waals surface area contributed by atoms with Crippen LogP contribution in [0.2, 0.25) is 5.02 Å². The van der Waals surface area contributed by atoms with Gasteiger partial charge in [-0.3, -0.25) is 14.2 Å². The molecule has 9 heteroatoms. The van der Waals surface area contributed by atoms with E-state index in [-0.39, 0.29) is 23.8 Å². The summed E-state index contributed by atoms with van der Waals surface area (Å²) in [5, 5.41) is 12.3. The molecular weight excluding hydrogens is 412 g/mol. The second-order valence-electron chi connectivity index (χ2n) is 6.10. The summed E-state index contributed by atoms with van der Waals surface area (Å²) in [5.74, 6) is 0.164. The number of aromatic nitrogens is 2. The van der Waals surface area contributed by atoms with E-state index in [1.807, 2.05) is 25.1 Å². The van der Waals surface area contributed by atoms with Crippen LogP contribution in [-0.4, -0.2) is 34.9 Å². The zero-order valence-electron chi connectivity index (χ0n) is 15.7. The fraction of sp³-hybridized carbons (Fsp3) is 0.200. The lowest BCUT2D eigenvalue weighted by atomic mass is 10.2. The summed E-state index contributed by atoms with van der Waals surface area (Å²) in [6.45, 7) is 1.82. The average molecular weight is 429 g/mol. The van der Waals surface area contributed by atoms with Crippen molar-refractivity contribution < 1.29 is 9.53 Å². The monoisotopic (exact) mass is 428 g/mol. The highest BCUT2D eigenvalue weighted by atomic mass is 35.5. The predicted octanol–water partition coefficient (Wildman–Crippen LogP) is 3.09. The number of aryl methyl sites for hydroxylation is 1. The normalized spacial score (nSPS) is 10.6. The average Bonchev–Trinajstić information content (AvgIpc) is 2.70. The lowest BCUT2D eigenvalue weighted by molar-refractivity contribution is -0.118. The number of rotatable bonds is 6. The summed E-state index contributed by atoms with van der Waals surface area (Å²) in [7, 11) is 1.52. The maximum absolute atomic E-state index is 13.3. The Kier molecular flexibility index (Phi) is 6.42. The molecule has 2 aromatic carbocycles. The van der Waals surface area contributed by atoms with Crippen molar-refractivity contribution in [3.8, 4) is 17.5 Å². The van der Waals surface area contributed by atoms with Gasteiger partial charge in [0.05, 0.1) is 35.5 Å². The number of benzene rings is 2. The van der Waals surface area contributed by atoms with Gasteiger partial charge in [0.1, 0.15) is 12.3 Å². The summed E-state index contributed by atoms with van der Waals surface area (Å²) < 4.78 is 6.88. The first-order valence-corrected chi connectivity index (χ1v) is 9.94. The molecule has 148 valence electrons. The number of nitriles is 1. The van der Waals surface area contributed by atoms with E-state index in [4.69, 9.17) is 21.6 Å². The van der Waals surface area contributed by atoms with Crippen LogP contribution in [0.5, 0.6) is 5.75 Å². The highest BCUT2D eigenvalue weighted by molar-refractivity contribution is 7.99. The number of hydrogen-bond acceptors (Lipinski definition) is 6. The molecule has 1 N–H and O–H groups in total. The maximum atomic E-state index is 13.3. The number of fused-ring (bicyclic) bond motifs is 1. The Morgan fingerprint density at radius 2 is 2.14 bits per heavy atom. The van der Waals surface area contributed by atoms with Crippen LogP contribution in [0.15, 0.2) is 46.3 Å². The van der Waals surface area contributed by atoms with Crippen LogP contribution in [0, 0.1) is 18.3 Å². The van der Waals surface area contributed by atoms with Gasteiger partial charge in [-0.25, -0.2) is 4.98 Å². The van der Waals surface area contributed by atoms with Crippen LogP contribution in [-0.2, 0) is 4.79 Å². The van der Waals surface area contributed by atoms with E-state index < -0.39 is 0 Å². The van der Waals surface area contributed by atoms with Gasteiger partial charge < -0.3 is 10.1 Å². The highest BCUT2D eigenvalue weighted by Gasteiger charge is 2.18. The van der Waals surface area contributed by atoms with Crippen molar-refractivity contribution >= 4 is 40.2 Å². The van der Waals surface area contributed by atoms with Gasteiger partial charge in [0.15, 0.2) is 5.16 Å². The van der Waals surface area contributed by atoms with Crippen LogP contribution in [0.25, 0.3) is 16.6 Å². The molecule has 0 aliphatic heterocycles. The van der Waals surface area contributed by atoms with Crippen molar-refractivity contribution in [2.75, 3.05) is 19.4 Å². The Balaban J connectivity index is 2.19. The molecule has 29 heavy (non-hydrogen) atoms. The number of carbonyl (C=O) groups is 1. The molecule has 0 radical (unpaired) electrons. The van der Waals surface area contributed by atoms with Crippen molar-refractivity contribution in [2.24, 2.45) is 0 Å². The van der Waals surface area contributed by atoms with E-state index in [9.17, 15) is 9.59 Å². The van der Waals surface area contributed by atoms with Crippen molar-refractivity contribution in [3.05, 3.63) is 57.3 Å². The highest BCUT2D eigenvalue weighted by Crippen LogP contribution is 2.28. The van der Waals surface area contributed by atoms with Gasteiger partial charge in [-0.2, -0.15) is 5.26 Å². The topological polar surface area (TPSA) is 97.0 Å². The number of nitrogens with zero attached hydrogens (tertiary/aromatic N) is 3. The van der Waals surface area contributed by atoms with Crippen LogP contribution < -0.4 is 15.6 Å². The zero-order valence-corrected chi connectivity index (χ0v) is 17.3. The first-order chi connectivity index (χ1) is 13.9. The minimum absolute atomic E-state index is 0.00563. The zero-order chi connectivity index (χ0) is 21.0. The van der Waals surface area contributed by atoms with Gasteiger partial charge >= 0.3 is 0 Å². The molecule has 0 unspecified atom stereocenters. The molecule has 3 rings (SSSR count). The van der Waals surface area contributed by atoms with E-state index in [2.05, 4.69) is 10.3 Å². The van der Waals surface area contributed by atoms with Crippen molar-refractivity contribution in [3.63, 3.8) is 0 Å². The summed E-state index contributed by atoms with van der Waals surface area (Å²) in [5.41, 5.74) is 1.61. The Morgan fingerprint density at radius 1 is 1.34 bits per heavy atom. The van der Waals surface area contributed by atoms with Gasteiger partial charge in [0, 0.05) is 5.02 Å². The van der Waals surface area contributed by atoms with E-state index in [1.165, 1.54) is 11.7 Å². The summed E-state index contributed by atoms with van der Waals surface area (Å²) in [6, 6.07) is 12.2. The number of methoxy groups -OCH3 is 1. The number of carbonyl (C=O) groups excluding carboxylic acids is 1. The second-order valence-corrected chi connectivity index (χ2v) is 7.47. The van der Waals surface area contributed by atoms with Crippen molar-refractivity contribution in [2.45, 2.75) is 12.1 Å². The van der Waals surface area contributed by atoms with Crippen LogP contribution >= 0.6 is 23.4 Å². The number of amides is 1. The van der Waals surface area contributed by atoms with Crippen LogP contribution in [0.1, 0.15) is 5.56 Å². The second kappa shape index (κ2) is 8.99. The number of halogens is 1. The molecule has 7 nitrogen and oxygen atoms in total. The molecule has 1 amide bonds. The van der Waals surface area contributed by atoms with Gasteiger partial charge in [0.25, 0.3) is 5.56 Å². The van der Waals surface area contributed by atoms with E-state index in [1.54, 1.807) is 24.3 Å². The summed E-state index contributed by atoms with van der Waals surface area (Å²) in [6.07, 6.45) is 0. The SMILES string of the molecule is COc1ccc(C)cc1-n1c(SCC(=O)NCC#N)nc2cc(Cl)ccc2c1=O. The predicted molar refractivity (Wildman–Crippen MR) is 113 cm³/mol. The lowest BCUT2D eigenvalue weighted by Gasteiger charge is -2.16. The molecule has 1 aromatic heterocycles. The lowest BCUT2D eigenvalue weighted by Crippen LogP contribution is -2.27. The van der Waals surface area contributed by atoms with Crippen molar-refractivity contribution in [1.29, 1.82) is 5.26 Å². The molecule has 0 bridgehead atoms. The molecule has 0 saturated carbocycles. The third-order valence-electron chi connectivity index (χ3n) is 4.07. The fourth-order valence-electron chi connectivity index (χ4n) is 2.74. The largest absolute Gasteiger partial charge is 0.495 e. The van der Waals surface area contributed by atoms with E-state index in [0.717, 1.165) is 17.3 Å². The van der Waals surface area contributed by atoms with Gasteiger partial charge in [-0.15, -0.1) is 0 Å². The van der Waals surface area contributed by atoms with Crippen LogP contribution in [0.4, 0.5) is 0 Å².